The molecule has 2 rings (SSSR count). The molecule has 0 fully saturated rings. The number of fused-ring (bicyclic) bond motifs is 1. The van der Waals surface area contributed by atoms with Crippen molar-refractivity contribution in [1.82, 2.24) is 0 Å². The summed E-state index contributed by atoms with van der Waals surface area (Å²) in [6, 6.07) is 5.86. The molecule has 0 bridgehead atoms. The minimum absolute atomic E-state index is 0. The molecule has 19 heavy (non-hydrogen) atoms. The molecule has 1 aliphatic heterocycles. The van der Waals surface area contributed by atoms with Crippen molar-refractivity contribution in [2.75, 3.05) is 12.5 Å². The summed E-state index contributed by atoms with van der Waals surface area (Å²) in [6.07, 6.45) is 1.75. The molecule has 0 N–H and O–H groups in total. The van der Waals surface area contributed by atoms with Gasteiger partial charge in [-0.05, 0) is 30.5 Å². The molecular formula is C13H15NaO4S. The molecule has 0 saturated heterocycles. The van der Waals surface area contributed by atoms with E-state index in [0.29, 0.717) is 0 Å². The van der Waals surface area contributed by atoms with Crippen molar-refractivity contribution in [3.8, 4) is 11.5 Å². The monoisotopic (exact) mass is 290 g/mol. The summed E-state index contributed by atoms with van der Waals surface area (Å²) in [5.41, 5.74) is 1.14. The van der Waals surface area contributed by atoms with Crippen molar-refractivity contribution < 1.29 is 48.9 Å². The Morgan fingerprint density at radius 3 is 2.84 bits per heavy atom. The summed E-state index contributed by atoms with van der Waals surface area (Å²) >= 11 is 1.42. The first-order valence-electron chi connectivity index (χ1n) is 5.89. The second-order valence-corrected chi connectivity index (χ2v) is 5.39. The number of rotatable bonds is 6. The maximum absolute atomic E-state index is 10.5. The second-order valence-electron chi connectivity index (χ2n) is 4.11. The molecule has 1 unspecified atom stereocenters. The Balaban J connectivity index is 0.00000180. The van der Waals surface area contributed by atoms with Gasteiger partial charge in [-0.2, -0.15) is 11.8 Å². The van der Waals surface area contributed by atoms with Crippen LogP contribution < -0.4 is 44.1 Å². The van der Waals surface area contributed by atoms with Gasteiger partial charge in [0.1, 0.15) is 0 Å². The molecule has 0 aromatic heterocycles. The molecule has 0 aliphatic carbocycles. The van der Waals surface area contributed by atoms with Gasteiger partial charge in [0.25, 0.3) is 0 Å². The van der Waals surface area contributed by atoms with Crippen LogP contribution in [0.3, 0.4) is 0 Å². The first-order chi connectivity index (χ1) is 8.69. The smallest absolute Gasteiger partial charge is 0.549 e. The van der Waals surface area contributed by atoms with E-state index in [1.807, 2.05) is 18.2 Å². The van der Waals surface area contributed by atoms with Crippen LogP contribution in [0, 0.1) is 0 Å². The van der Waals surface area contributed by atoms with E-state index < -0.39 is 5.97 Å². The van der Waals surface area contributed by atoms with Gasteiger partial charge in [0.15, 0.2) is 11.5 Å². The fourth-order valence-electron chi connectivity index (χ4n) is 1.84. The molecule has 6 heteroatoms. The van der Waals surface area contributed by atoms with Crippen LogP contribution in [0.25, 0.3) is 0 Å². The molecule has 1 aromatic rings. The summed E-state index contributed by atoms with van der Waals surface area (Å²) in [5.74, 6) is 0.578. The van der Waals surface area contributed by atoms with Crippen LogP contribution in [0.15, 0.2) is 18.2 Å². The predicted molar refractivity (Wildman–Crippen MR) is 67.8 cm³/mol. The summed E-state index contributed by atoms with van der Waals surface area (Å²) in [4.78, 5) is 10.5. The number of carbonyl (C=O) groups excluding carboxylic acids is 1. The Morgan fingerprint density at radius 1 is 1.42 bits per heavy atom. The zero-order valence-electron chi connectivity index (χ0n) is 11.2. The van der Waals surface area contributed by atoms with Crippen LogP contribution in [0.2, 0.25) is 0 Å². The summed E-state index contributed by atoms with van der Waals surface area (Å²) in [6.45, 7) is 2.33. The zero-order chi connectivity index (χ0) is 13.0. The Hall–Kier alpha value is -0.360. The zero-order valence-corrected chi connectivity index (χ0v) is 14.0. The van der Waals surface area contributed by atoms with Crippen LogP contribution >= 0.6 is 11.8 Å². The number of benzene rings is 1. The molecule has 98 valence electrons. The summed E-state index contributed by atoms with van der Waals surface area (Å²) in [5, 5.41) is 10.7. The Bertz CT molecular complexity index is 439. The van der Waals surface area contributed by atoms with Gasteiger partial charge in [0.05, 0.1) is 5.97 Å². The van der Waals surface area contributed by atoms with Gasteiger partial charge in [0.2, 0.25) is 6.79 Å². The van der Waals surface area contributed by atoms with E-state index in [1.165, 1.54) is 11.8 Å². The first-order valence-corrected chi connectivity index (χ1v) is 6.94. The molecule has 1 aromatic carbocycles. The fraction of sp³-hybridized carbons (Fsp3) is 0.462. The molecule has 4 nitrogen and oxygen atoms in total. The van der Waals surface area contributed by atoms with E-state index in [0.717, 1.165) is 29.9 Å². The van der Waals surface area contributed by atoms with E-state index in [9.17, 15) is 9.90 Å². The van der Waals surface area contributed by atoms with E-state index in [-0.39, 0.29) is 47.4 Å². The van der Waals surface area contributed by atoms with Crippen LogP contribution in [-0.4, -0.2) is 23.8 Å². The topological polar surface area (TPSA) is 58.6 Å². The van der Waals surface area contributed by atoms with E-state index in [1.54, 1.807) is 0 Å². The minimum atomic E-state index is -1.01. The molecule has 0 spiro atoms. The number of carboxylic acid groups (broad SMARTS) is 1. The molecule has 1 atom stereocenters. The number of hydrogen-bond acceptors (Lipinski definition) is 5. The SMILES string of the molecule is CCC(Cc1ccc2c(c1)OCO2)SCC(=O)[O-].[Na+]. The van der Waals surface area contributed by atoms with Crippen LogP contribution in [-0.2, 0) is 11.2 Å². The van der Waals surface area contributed by atoms with E-state index >= 15 is 0 Å². The number of ether oxygens (including phenoxy) is 2. The van der Waals surface area contributed by atoms with Crippen molar-refractivity contribution in [3.63, 3.8) is 0 Å². The second kappa shape index (κ2) is 8.04. The number of carbonyl (C=O) groups is 1. The summed E-state index contributed by atoms with van der Waals surface area (Å²) < 4.78 is 10.6. The van der Waals surface area contributed by atoms with Gasteiger partial charge in [-0.25, -0.2) is 0 Å². The molecule has 1 aliphatic rings. The minimum Gasteiger partial charge on any atom is -0.549 e. The van der Waals surface area contributed by atoms with Crippen LogP contribution in [0.4, 0.5) is 0 Å². The largest absolute Gasteiger partial charge is 1.00 e. The Kier molecular flexibility index (Phi) is 7.07. The third-order valence-corrected chi connectivity index (χ3v) is 4.17. The normalized spacial score (nSPS) is 13.7. The average molecular weight is 290 g/mol. The maximum Gasteiger partial charge on any atom is 1.00 e. The molecule has 0 amide bonds. The van der Waals surface area contributed by atoms with Crippen molar-refractivity contribution >= 4 is 17.7 Å². The van der Waals surface area contributed by atoms with E-state index in [4.69, 9.17) is 9.47 Å². The van der Waals surface area contributed by atoms with Crippen molar-refractivity contribution in [2.24, 2.45) is 0 Å². The van der Waals surface area contributed by atoms with Gasteiger partial charge >= 0.3 is 29.6 Å². The number of carboxylic acids is 1. The first kappa shape index (κ1) is 16.7. The van der Waals surface area contributed by atoms with Gasteiger partial charge < -0.3 is 19.4 Å². The molecule has 1 heterocycles. The number of thioether (sulfide) groups is 1. The fourth-order valence-corrected chi connectivity index (χ4v) is 2.76. The molecule has 0 saturated carbocycles. The van der Waals surface area contributed by atoms with Crippen molar-refractivity contribution in [2.45, 2.75) is 25.0 Å². The number of aliphatic carboxylic acids is 1. The third kappa shape index (κ3) is 4.91. The molecule has 0 radical (unpaired) electrons. The van der Waals surface area contributed by atoms with E-state index in [2.05, 4.69) is 6.92 Å². The Morgan fingerprint density at radius 2 is 2.16 bits per heavy atom. The predicted octanol–water partition coefficient (Wildman–Crippen LogP) is -1.78. The average Bonchev–Trinajstić information content (AvgIpc) is 2.81. The van der Waals surface area contributed by atoms with Crippen molar-refractivity contribution in [3.05, 3.63) is 23.8 Å². The Labute approximate surface area is 139 Å². The van der Waals surface area contributed by atoms with Gasteiger partial charge in [-0.3, -0.25) is 0 Å². The van der Waals surface area contributed by atoms with Crippen molar-refractivity contribution in [1.29, 1.82) is 0 Å². The quantitative estimate of drug-likeness (QED) is 0.580. The summed E-state index contributed by atoms with van der Waals surface area (Å²) in [7, 11) is 0. The molecular weight excluding hydrogens is 275 g/mol. The number of hydrogen-bond donors (Lipinski definition) is 0. The van der Waals surface area contributed by atoms with Gasteiger partial charge in [0, 0.05) is 11.0 Å². The van der Waals surface area contributed by atoms with Gasteiger partial charge in [-0.15, -0.1) is 0 Å². The standard InChI is InChI=1S/C13H16O4S.Na/c1-2-10(18-7-13(14)15)5-9-3-4-11-12(6-9)17-8-16-11;/h3-4,6,10H,2,5,7-8H2,1H3,(H,14,15);/q;+1/p-1. The van der Waals surface area contributed by atoms with Crippen LogP contribution in [0.5, 0.6) is 11.5 Å². The third-order valence-electron chi connectivity index (χ3n) is 2.79. The maximum atomic E-state index is 10.5. The van der Waals surface area contributed by atoms with Gasteiger partial charge in [-0.1, -0.05) is 13.0 Å². The van der Waals surface area contributed by atoms with Crippen LogP contribution in [0.1, 0.15) is 18.9 Å².